The quantitative estimate of drug-likeness (QED) is 0.209. The summed E-state index contributed by atoms with van der Waals surface area (Å²) in [6.45, 7) is -0.0265. The van der Waals surface area contributed by atoms with Crippen molar-refractivity contribution in [2.75, 3.05) is 20.3 Å². The van der Waals surface area contributed by atoms with Gasteiger partial charge < -0.3 is 25.6 Å². The molecule has 4 aromatic rings. The van der Waals surface area contributed by atoms with Crippen molar-refractivity contribution < 1.29 is 46.1 Å². The van der Waals surface area contributed by atoms with Crippen molar-refractivity contribution in [1.82, 2.24) is 20.1 Å². The zero-order chi connectivity index (χ0) is 32.7. The number of carbonyl (C=O) groups excluding carboxylic acids is 2. The summed E-state index contributed by atoms with van der Waals surface area (Å²) in [5.74, 6) is -4.09. The second-order valence-corrected chi connectivity index (χ2v) is 10.5. The molecule has 1 aliphatic rings. The third-order valence-electron chi connectivity index (χ3n) is 7.28. The summed E-state index contributed by atoms with van der Waals surface area (Å²) >= 11 is 0. The van der Waals surface area contributed by atoms with E-state index < -0.39 is 65.1 Å². The molecule has 0 aliphatic heterocycles. The third kappa shape index (κ3) is 6.25. The smallest absolute Gasteiger partial charge is 0.424 e. The molecule has 1 aliphatic carbocycles. The molecule has 2 heterocycles. The number of aliphatic hydroxyl groups is 1. The van der Waals surface area contributed by atoms with Crippen molar-refractivity contribution >= 4 is 22.7 Å². The van der Waals surface area contributed by atoms with Crippen LogP contribution in [0.15, 0.2) is 42.6 Å². The van der Waals surface area contributed by atoms with E-state index in [4.69, 9.17) is 15.2 Å². The fourth-order valence-electron chi connectivity index (χ4n) is 4.86. The number of nitrogens with one attached hydrogen (secondary N) is 1. The number of aromatic nitrogens is 3. The lowest BCUT2D eigenvalue weighted by Gasteiger charge is -2.31. The van der Waals surface area contributed by atoms with E-state index in [1.165, 1.54) is 26.2 Å². The number of nitrogens with zero attached hydrogens (tertiary/aromatic N) is 3. The van der Waals surface area contributed by atoms with Gasteiger partial charge in [-0.15, -0.1) is 0 Å². The first-order valence-electron chi connectivity index (χ1n) is 13.8. The van der Waals surface area contributed by atoms with E-state index in [9.17, 15) is 36.6 Å². The van der Waals surface area contributed by atoms with Gasteiger partial charge in [-0.3, -0.25) is 14.3 Å². The van der Waals surface area contributed by atoms with Crippen molar-refractivity contribution in [2.45, 2.75) is 44.0 Å². The van der Waals surface area contributed by atoms with Crippen molar-refractivity contribution in [3.05, 3.63) is 71.1 Å². The van der Waals surface area contributed by atoms with Gasteiger partial charge in [0.2, 0.25) is 11.5 Å². The fraction of sp³-hybridized carbons (Fsp3) is 0.333. The van der Waals surface area contributed by atoms with Crippen LogP contribution in [-0.4, -0.2) is 58.1 Å². The summed E-state index contributed by atoms with van der Waals surface area (Å²) in [5, 5.41) is 18.2. The maximum absolute atomic E-state index is 14.9. The van der Waals surface area contributed by atoms with Gasteiger partial charge in [0.25, 0.3) is 5.91 Å². The molecule has 5 rings (SSSR count). The van der Waals surface area contributed by atoms with Crippen LogP contribution in [-0.2, 0) is 16.8 Å². The number of benzene rings is 2. The van der Waals surface area contributed by atoms with Crippen molar-refractivity contribution in [2.24, 2.45) is 5.73 Å². The lowest BCUT2D eigenvalue weighted by atomic mass is 9.93. The van der Waals surface area contributed by atoms with Gasteiger partial charge in [-0.1, -0.05) is 0 Å². The number of ether oxygens (including phenoxy) is 2. The summed E-state index contributed by atoms with van der Waals surface area (Å²) in [7, 11) is 1.36. The van der Waals surface area contributed by atoms with E-state index in [1.54, 1.807) is 10.9 Å². The fourth-order valence-corrected chi connectivity index (χ4v) is 4.86. The zero-order valence-corrected chi connectivity index (χ0v) is 24.0. The zero-order valence-electron chi connectivity index (χ0n) is 24.0. The molecule has 238 valence electrons. The van der Waals surface area contributed by atoms with Crippen LogP contribution in [0.2, 0.25) is 0 Å². The summed E-state index contributed by atoms with van der Waals surface area (Å²) in [6, 6.07) is 5.89. The number of pyridine rings is 1. The molecule has 1 atom stereocenters. The molecule has 0 radical (unpaired) electrons. The predicted octanol–water partition coefficient (Wildman–Crippen LogP) is 4.33. The molecule has 2 aromatic heterocycles. The molecule has 2 amide bonds. The summed E-state index contributed by atoms with van der Waals surface area (Å²) in [4.78, 5) is 28.9. The van der Waals surface area contributed by atoms with Crippen LogP contribution >= 0.6 is 0 Å². The Bertz CT molecular complexity index is 1790. The highest BCUT2D eigenvalue weighted by atomic mass is 19.4. The molecular formula is C30H28F5N5O5. The SMILES string of the molecule is CCOc1c(CC(N)=O)cc([C@@](O)(CNC(=O)c2cc(OC)c3nn(C4CC4)cc3c2)C(F)(F)F)nc1-c1cc(F)ccc1F. The number of hydrogen-bond donors (Lipinski definition) is 3. The lowest BCUT2D eigenvalue weighted by Crippen LogP contribution is -2.51. The molecular weight excluding hydrogens is 605 g/mol. The molecule has 1 saturated carbocycles. The normalized spacial score (nSPS) is 14.7. The van der Waals surface area contributed by atoms with E-state index in [1.807, 2.05) is 0 Å². The maximum atomic E-state index is 14.9. The first kappa shape index (κ1) is 31.6. The Morgan fingerprint density at radius 1 is 1.16 bits per heavy atom. The summed E-state index contributed by atoms with van der Waals surface area (Å²) in [6.07, 6.45) is -2.57. The molecule has 2 aromatic carbocycles. The van der Waals surface area contributed by atoms with Gasteiger partial charge in [0, 0.05) is 28.3 Å². The van der Waals surface area contributed by atoms with Crippen molar-refractivity contribution in [3.63, 3.8) is 0 Å². The average Bonchev–Trinajstić information content (AvgIpc) is 3.74. The predicted molar refractivity (Wildman–Crippen MR) is 150 cm³/mol. The average molecular weight is 634 g/mol. The number of primary amides is 1. The van der Waals surface area contributed by atoms with Crippen molar-refractivity contribution in [1.29, 1.82) is 0 Å². The minimum atomic E-state index is -5.46. The van der Waals surface area contributed by atoms with Gasteiger partial charge in [0.05, 0.1) is 38.4 Å². The minimum absolute atomic E-state index is 0.0733. The second-order valence-electron chi connectivity index (χ2n) is 10.5. The van der Waals surface area contributed by atoms with Gasteiger partial charge in [-0.2, -0.15) is 18.3 Å². The van der Waals surface area contributed by atoms with Crippen LogP contribution in [0, 0.1) is 11.6 Å². The number of methoxy groups -OCH3 is 1. The maximum Gasteiger partial charge on any atom is 0.424 e. The molecule has 4 N–H and O–H groups in total. The second kappa shape index (κ2) is 12.0. The molecule has 45 heavy (non-hydrogen) atoms. The first-order valence-corrected chi connectivity index (χ1v) is 13.8. The Labute approximate surface area is 252 Å². The van der Waals surface area contributed by atoms with Gasteiger partial charge in [-0.05, 0) is 56.2 Å². The number of alkyl halides is 3. The Morgan fingerprint density at radius 2 is 1.89 bits per heavy atom. The van der Waals surface area contributed by atoms with Crippen LogP contribution < -0.4 is 20.5 Å². The Balaban J connectivity index is 1.57. The van der Waals surface area contributed by atoms with Gasteiger partial charge >= 0.3 is 6.18 Å². The first-order chi connectivity index (χ1) is 21.2. The Hall–Kier alpha value is -4.79. The van der Waals surface area contributed by atoms with E-state index in [0.717, 1.165) is 31.0 Å². The topological polar surface area (TPSA) is 142 Å². The highest BCUT2D eigenvalue weighted by molar-refractivity contribution is 6.00. The molecule has 1 fully saturated rings. The van der Waals surface area contributed by atoms with Gasteiger partial charge in [-0.25, -0.2) is 13.8 Å². The van der Waals surface area contributed by atoms with Crippen LogP contribution in [0.5, 0.6) is 11.5 Å². The summed E-state index contributed by atoms with van der Waals surface area (Å²) < 4.78 is 85.5. The highest BCUT2D eigenvalue weighted by Crippen LogP contribution is 2.43. The summed E-state index contributed by atoms with van der Waals surface area (Å²) in [5.41, 5.74) is -0.758. The standard InChI is InChI=1S/C30H28F5N5O5/c1-3-45-27-15(11-24(36)41)10-23(38-26(27)20-12-18(31)4-7-21(20)32)29(43,30(33,34)35)14-37-28(42)16-8-17-13-40(19-5-6-19)39-25(17)22(9-16)44-2/h4,7-10,12-13,19,43H,3,5-6,11,14H2,1-2H3,(H2,36,41)(H,37,42)/t29-/m0/s1. The number of carbonyl (C=O) groups is 2. The van der Waals surface area contributed by atoms with Crippen LogP contribution in [0.1, 0.15) is 47.4 Å². The van der Waals surface area contributed by atoms with Gasteiger partial charge in [0.1, 0.15) is 34.3 Å². The van der Waals surface area contributed by atoms with Crippen LogP contribution in [0.4, 0.5) is 22.0 Å². The number of amides is 2. The molecule has 0 spiro atoms. The Morgan fingerprint density at radius 3 is 2.51 bits per heavy atom. The number of fused-ring (bicyclic) bond motifs is 1. The number of rotatable bonds is 11. The molecule has 15 heteroatoms. The van der Waals surface area contributed by atoms with E-state index in [2.05, 4.69) is 15.4 Å². The molecule has 10 nitrogen and oxygen atoms in total. The van der Waals surface area contributed by atoms with Gasteiger partial charge in [0.15, 0.2) is 0 Å². The number of nitrogens with two attached hydrogens (primary N) is 1. The number of hydrogen-bond acceptors (Lipinski definition) is 7. The molecule has 0 saturated heterocycles. The number of halogens is 5. The lowest BCUT2D eigenvalue weighted by molar-refractivity contribution is -0.265. The van der Waals surface area contributed by atoms with Crippen molar-refractivity contribution in [3.8, 4) is 22.8 Å². The highest BCUT2D eigenvalue weighted by Gasteiger charge is 2.57. The van der Waals surface area contributed by atoms with Crippen LogP contribution in [0.3, 0.4) is 0 Å². The van der Waals surface area contributed by atoms with Crippen LogP contribution in [0.25, 0.3) is 22.2 Å². The third-order valence-corrected chi connectivity index (χ3v) is 7.28. The molecule has 0 unspecified atom stereocenters. The monoisotopic (exact) mass is 633 g/mol. The Kier molecular flexibility index (Phi) is 8.40. The van der Waals surface area contributed by atoms with E-state index >= 15 is 0 Å². The largest absolute Gasteiger partial charge is 0.494 e. The van der Waals surface area contributed by atoms with E-state index in [-0.39, 0.29) is 35.3 Å². The van der Waals surface area contributed by atoms with E-state index in [0.29, 0.717) is 17.0 Å². The minimum Gasteiger partial charge on any atom is -0.494 e. The molecule has 0 bridgehead atoms.